The fourth-order valence-electron chi connectivity index (χ4n) is 4.35. The quantitative estimate of drug-likeness (QED) is 0.510. The summed E-state index contributed by atoms with van der Waals surface area (Å²) in [5, 5.41) is 3.44. The summed E-state index contributed by atoms with van der Waals surface area (Å²) >= 11 is 0. The molecule has 0 radical (unpaired) electrons. The van der Waals surface area contributed by atoms with Gasteiger partial charge in [0.05, 0.1) is 13.5 Å². The molecule has 4 rings (SSSR count). The fourth-order valence-corrected chi connectivity index (χ4v) is 5.33. The number of carbonyl (C=O) groups is 2. The molecule has 190 valence electrons. The number of hydrogen-bond acceptors (Lipinski definition) is 7. The van der Waals surface area contributed by atoms with E-state index in [2.05, 4.69) is 10.1 Å². The first-order valence-electron chi connectivity index (χ1n) is 11.2. The van der Waals surface area contributed by atoms with Gasteiger partial charge >= 0.3 is 0 Å². The lowest BCUT2D eigenvalue weighted by atomic mass is 9.91. The van der Waals surface area contributed by atoms with Crippen molar-refractivity contribution in [2.24, 2.45) is 7.05 Å². The van der Waals surface area contributed by atoms with Crippen molar-refractivity contribution in [2.45, 2.75) is 30.7 Å². The molecule has 1 aliphatic rings. The molecule has 2 aromatic heterocycles. The van der Waals surface area contributed by atoms with Crippen molar-refractivity contribution in [3.8, 4) is 17.0 Å². The second-order valence-corrected chi connectivity index (χ2v) is 10.3. The number of pyridine rings is 1. The molecule has 0 bridgehead atoms. The summed E-state index contributed by atoms with van der Waals surface area (Å²) in [6.07, 6.45) is 3.08. The number of nitrogens with zero attached hydrogens (tertiary/aromatic N) is 4. The number of ether oxygens (including phenoxy) is 1. The van der Waals surface area contributed by atoms with Crippen LogP contribution >= 0.6 is 0 Å². The highest BCUT2D eigenvalue weighted by Crippen LogP contribution is 2.36. The highest BCUT2D eigenvalue weighted by Gasteiger charge is 2.28. The standard InChI is InChI=1S/C24H26FN5O5S/c1-29(2)24(32)20-13-23(27-30(20)3)36(33,34)28-21(31)12-18-15-6-5-7-16(15)19(25)11-17(18)14-8-9-26-22(10-14)35-4/h8-11,13H,5-7,12H2,1-4H3,(H,28,31). The number of aryl methyl sites for hydroxylation is 1. The van der Waals surface area contributed by atoms with Crippen LogP contribution in [0.3, 0.4) is 0 Å². The van der Waals surface area contributed by atoms with Crippen LogP contribution in [-0.4, -0.2) is 61.1 Å². The van der Waals surface area contributed by atoms with E-state index in [1.165, 1.54) is 45.4 Å². The first kappa shape index (κ1) is 25.3. The van der Waals surface area contributed by atoms with Gasteiger partial charge in [0.15, 0.2) is 5.03 Å². The maximum atomic E-state index is 14.9. The molecule has 0 saturated heterocycles. The minimum atomic E-state index is -4.36. The van der Waals surface area contributed by atoms with Crippen LogP contribution in [0.4, 0.5) is 4.39 Å². The van der Waals surface area contributed by atoms with E-state index >= 15 is 0 Å². The fraction of sp³-hybridized carbons (Fsp3) is 0.333. The predicted octanol–water partition coefficient (Wildman–Crippen LogP) is 1.87. The third kappa shape index (κ3) is 4.81. The number of nitrogens with one attached hydrogen (secondary N) is 1. The number of carbonyl (C=O) groups excluding carboxylic acids is 2. The minimum Gasteiger partial charge on any atom is -0.481 e. The van der Waals surface area contributed by atoms with Crippen molar-refractivity contribution in [1.29, 1.82) is 0 Å². The Hall–Kier alpha value is -3.80. The third-order valence-electron chi connectivity index (χ3n) is 6.07. The Bertz CT molecular complexity index is 1470. The zero-order valence-corrected chi connectivity index (χ0v) is 21.1. The van der Waals surface area contributed by atoms with E-state index in [4.69, 9.17) is 4.74 Å². The first-order chi connectivity index (χ1) is 17.0. The molecule has 1 aromatic carbocycles. The second kappa shape index (κ2) is 9.69. The van der Waals surface area contributed by atoms with E-state index < -0.39 is 26.9 Å². The SMILES string of the molecule is COc1cc(-c2cc(F)c3c(c2CC(=O)NS(=O)(=O)c2cc(C(=O)N(C)C)n(C)n2)CCC3)ccn1. The van der Waals surface area contributed by atoms with Crippen molar-refractivity contribution in [1.82, 2.24) is 24.4 Å². The van der Waals surface area contributed by atoms with Crippen LogP contribution in [-0.2, 0) is 41.1 Å². The Kier molecular flexibility index (Phi) is 6.81. The summed E-state index contributed by atoms with van der Waals surface area (Å²) in [6.45, 7) is 0. The van der Waals surface area contributed by atoms with Gasteiger partial charge in [0.2, 0.25) is 11.8 Å². The molecule has 0 unspecified atom stereocenters. The lowest BCUT2D eigenvalue weighted by molar-refractivity contribution is -0.118. The first-order valence-corrected chi connectivity index (χ1v) is 12.6. The molecular formula is C24H26FN5O5S. The molecule has 0 atom stereocenters. The van der Waals surface area contributed by atoms with Gasteiger partial charge in [-0.05, 0) is 59.2 Å². The van der Waals surface area contributed by atoms with Crippen LogP contribution < -0.4 is 9.46 Å². The van der Waals surface area contributed by atoms with Gasteiger partial charge in [-0.3, -0.25) is 14.3 Å². The molecule has 0 spiro atoms. The molecule has 0 fully saturated rings. The van der Waals surface area contributed by atoms with Gasteiger partial charge in [0, 0.05) is 39.5 Å². The molecule has 3 aromatic rings. The number of hydrogen-bond donors (Lipinski definition) is 1. The van der Waals surface area contributed by atoms with Crippen molar-refractivity contribution >= 4 is 21.8 Å². The van der Waals surface area contributed by atoms with E-state index in [0.717, 1.165) is 17.2 Å². The van der Waals surface area contributed by atoms with Crippen LogP contribution in [0, 0.1) is 5.82 Å². The Morgan fingerprint density at radius 1 is 1.19 bits per heavy atom. The number of halogens is 1. The maximum absolute atomic E-state index is 14.9. The van der Waals surface area contributed by atoms with Gasteiger partial charge in [-0.1, -0.05) is 0 Å². The second-order valence-electron chi connectivity index (χ2n) is 8.68. The van der Waals surface area contributed by atoms with Gasteiger partial charge in [-0.15, -0.1) is 0 Å². The van der Waals surface area contributed by atoms with Crippen LogP contribution in [0.25, 0.3) is 11.1 Å². The monoisotopic (exact) mass is 515 g/mol. The van der Waals surface area contributed by atoms with Gasteiger partial charge < -0.3 is 9.64 Å². The van der Waals surface area contributed by atoms with Crippen LogP contribution in [0.15, 0.2) is 35.5 Å². The van der Waals surface area contributed by atoms with Gasteiger partial charge in [-0.2, -0.15) is 13.5 Å². The van der Waals surface area contributed by atoms with Crippen molar-refractivity contribution in [3.05, 3.63) is 58.7 Å². The molecule has 1 N–H and O–H groups in total. The largest absolute Gasteiger partial charge is 0.481 e. The Balaban J connectivity index is 1.67. The summed E-state index contributed by atoms with van der Waals surface area (Å²) in [4.78, 5) is 30.6. The normalized spacial score (nSPS) is 12.8. The summed E-state index contributed by atoms with van der Waals surface area (Å²) in [5.74, 6) is -1.28. The lowest BCUT2D eigenvalue weighted by Crippen LogP contribution is -2.32. The average Bonchev–Trinajstić information content (AvgIpc) is 3.48. The molecule has 2 amide bonds. The number of aromatic nitrogens is 3. The Morgan fingerprint density at radius 2 is 1.92 bits per heavy atom. The number of fused-ring (bicyclic) bond motifs is 1. The van der Waals surface area contributed by atoms with Crippen LogP contribution in [0.5, 0.6) is 5.88 Å². The molecule has 0 saturated carbocycles. The smallest absolute Gasteiger partial charge is 0.283 e. The van der Waals surface area contributed by atoms with Gasteiger partial charge in [0.25, 0.3) is 15.9 Å². The Morgan fingerprint density at radius 3 is 2.61 bits per heavy atom. The van der Waals surface area contributed by atoms with Crippen molar-refractivity contribution < 1.29 is 27.1 Å². The molecule has 10 nitrogen and oxygen atoms in total. The van der Waals surface area contributed by atoms with E-state index in [-0.39, 0.29) is 17.9 Å². The van der Waals surface area contributed by atoms with Crippen molar-refractivity contribution in [2.75, 3.05) is 21.2 Å². The number of methoxy groups -OCH3 is 1. The van der Waals surface area contributed by atoms with E-state index in [0.29, 0.717) is 46.5 Å². The number of amides is 2. The highest BCUT2D eigenvalue weighted by molar-refractivity contribution is 7.90. The zero-order chi connectivity index (χ0) is 26.2. The van der Waals surface area contributed by atoms with Crippen molar-refractivity contribution in [3.63, 3.8) is 0 Å². The summed E-state index contributed by atoms with van der Waals surface area (Å²) in [7, 11) is 1.60. The molecule has 36 heavy (non-hydrogen) atoms. The summed E-state index contributed by atoms with van der Waals surface area (Å²) in [5.41, 5.74) is 2.93. The number of benzene rings is 1. The van der Waals surface area contributed by atoms with Crippen LogP contribution in [0.1, 0.15) is 33.6 Å². The van der Waals surface area contributed by atoms with E-state index in [1.807, 2.05) is 4.72 Å². The third-order valence-corrected chi connectivity index (χ3v) is 7.31. The van der Waals surface area contributed by atoms with E-state index in [9.17, 15) is 22.4 Å². The summed E-state index contributed by atoms with van der Waals surface area (Å²) < 4.78 is 49.1. The van der Waals surface area contributed by atoms with E-state index in [1.54, 1.807) is 12.1 Å². The Labute approximate surface area is 208 Å². The number of sulfonamides is 1. The molecular weight excluding hydrogens is 489 g/mol. The molecule has 0 aliphatic heterocycles. The number of rotatable bonds is 7. The zero-order valence-electron chi connectivity index (χ0n) is 20.3. The molecule has 2 heterocycles. The molecule has 1 aliphatic carbocycles. The molecule has 12 heteroatoms. The van der Waals surface area contributed by atoms with Crippen LogP contribution in [0.2, 0.25) is 0 Å². The van der Waals surface area contributed by atoms with Gasteiger partial charge in [0.1, 0.15) is 11.5 Å². The topological polar surface area (TPSA) is 123 Å². The average molecular weight is 516 g/mol. The highest BCUT2D eigenvalue weighted by atomic mass is 32.2. The maximum Gasteiger partial charge on any atom is 0.283 e. The predicted molar refractivity (Wildman–Crippen MR) is 128 cm³/mol. The lowest BCUT2D eigenvalue weighted by Gasteiger charge is -2.16. The summed E-state index contributed by atoms with van der Waals surface area (Å²) in [6, 6.07) is 5.79. The minimum absolute atomic E-state index is 0.0538. The van der Waals surface area contributed by atoms with Gasteiger partial charge in [-0.25, -0.2) is 14.1 Å².